The van der Waals surface area contributed by atoms with Gasteiger partial charge in [-0.05, 0) is 49.4 Å². The smallest absolute Gasteiger partial charge is 0.158 e. The molecule has 0 aromatic rings. The SMILES string of the molecule is CC(C)C(CC(C)(C)C)C1=CC=CC(OC2CCCCO2)C1. The van der Waals surface area contributed by atoms with Crippen molar-refractivity contribution in [3.63, 3.8) is 0 Å². The molecule has 2 heteroatoms. The van der Waals surface area contributed by atoms with Crippen molar-refractivity contribution in [1.29, 1.82) is 0 Å². The summed E-state index contributed by atoms with van der Waals surface area (Å²) < 4.78 is 11.9. The van der Waals surface area contributed by atoms with E-state index in [1.807, 2.05) is 0 Å². The van der Waals surface area contributed by atoms with Crippen molar-refractivity contribution in [2.75, 3.05) is 6.61 Å². The van der Waals surface area contributed by atoms with Crippen molar-refractivity contribution in [3.05, 3.63) is 23.8 Å². The summed E-state index contributed by atoms with van der Waals surface area (Å²) >= 11 is 0. The first-order valence-corrected chi connectivity index (χ1v) is 8.99. The monoisotopic (exact) mass is 306 g/mol. The van der Waals surface area contributed by atoms with Gasteiger partial charge in [0.15, 0.2) is 6.29 Å². The van der Waals surface area contributed by atoms with Gasteiger partial charge in [0, 0.05) is 6.61 Å². The maximum Gasteiger partial charge on any atom is 0.158 e. The van der Waals surface area contributed by atoms with E-state index in [1.54, 1.807) is 5.57 Å². The average molecular weight is 306 g/mol. The Hall–Kier alpha value is -0.600. The van der Waals surface area contributed by atoms with Crippen molar-refractivity contribution in [2.45, 2.75) is 79.1 Å². The van der Waals surface area contributed by atoms with Crippen LogP contribution >= 0.6 is 0 Å². The molecule has 3 unspecified atom stereocenters. The van der Waals surface area contributed by atoms with E-state index < -0.39 is 0 Å². The second kappa shape index (κ2) is 7.79. The van der Waals surface area contributed by atoms with Crippen molar-refractivity contribution >= 4 is 0 Å². The third-order valence-corrected chi connectivity index (χ3v) is 4.65. The fourth-order valence-electron chi connectivity index (χ4n) is 3.51. The van der Waals surface area contributed by atoms with Crippen LogP contribution in [0.2, 0.25) is 0 Å². The first-order valence-electron chi connectivity index (χ1n) is 8.99. The fraction of sp³-hybridized carbons (Fsp3) is 0.800. The van der Waals surface area contributed by atoms with Gasteiger partial charge in [0.1, 0.15) is 0 Å². The molecule has 1 saturated heterocycles. The van der Waals surface area contributed by atoms with Gasteiger partial charge in [-0.1, -0.05) is 58.4 Å². The first-order chi connectivity index (χ1) is 10.3. The number of hydrogen-bond donors (Lipinski definition) is 0. The molecule has 126 valence electrons. The molecule has 0 aromatic carbocycles. The van der Waals surface area contributed by atoms with Crippen LogP contribution in [-0.4, -0.2) is 19.0 Å². The quantitative estimate of drug-likeness (QED) is 0.668. The molecular formula is C20H34O2. The van der Waals surface area contributed by atoms with Gasteiger partial charge in [-0.15, -0.1) is 0 Å². The molecule has 0 saturated carbocycles. The lowest BCUT2D eigenvalue weighted by atomic mass is 9.74. The van der Waals surface area contributed by atoms with Crippen LogP contribution in [0.3, 0.4) is 0 Å². The maximum absolute atomic E-state index is 6.17. The molecule has 1 aliphatic carbocycles. The Morgan fingerprint density at radius 3 is 2.64 bits per heavy atom. The van der Waals surface area contributed by atoms with E-state index in [2.05, 4.69) is 52.8 Å². The minimum Gasteiger partial charge on any atom is -0.353 e. The van der Waals surface area contributed by atoms with E-state index in [0.717, 1.165) is 19.4 Å². The molecule has 2 nitrogen and oxygen atoms in total. The molecule has 0 N–H and O–H groups in total. The normalized spacial score (nSPS) is 27.8. The lowest BCUT2D eigenvalue weighted by Crippen LogP contribution is -2.29. The van der Waals surface area contributed by atoms with Crippen LogP contribution < -0.4 is 0 Å². The molecule has 0 radical (unpaired) electrons. The van der Waals surface area contributed by atoms with Crippen LogP contribution in [0, 0.1) is 17.3 Å². The highest BCUT2D eigenvalue weighted by Crippen LogP contribution is 2.37. The van der Waals surface area contributed by atoms with E-state index >= 15 is 0 Å². The summed E-state index contributed by atoms with van der Waals surface area (Å²) in [4.78, 5) is 0. The summed E-state index contributed by atoms with van der Waals surface area (Å²) in [7, 11) is 0. The van der Waals surface area contributed by atoms with Gasteiger partial charge in [-0.25, -0.2) is 0 Å². The van der Waals surface area contributed by atoms with Gasteiger partial charge >= 0.3 is 0 Å². The minimum absolute atomic E-state index is 0.00265. The summed E-state index contributed by atoms with van der Waals surface area (Å²) in [6.45, 7) is 12.6. The predicted octanol–water partition coefficient (Wildman–Crippen LogP) is 5.49. The molecule has 1 fully saturated rings. The Morgan fingerprint density at radius 1 is 1.27 bits per heavy atom. The van der Waals surface area contributed by atoms with Gasteiger partial charge in [-0.2, -0.15) is 0 Å². The molecular weight excluding hydrogens is 272 g/mol. The zero-order valence-electron chi connectivity index (χ0n) is 15.1. The summed E-state index contributed by atoms with van der Waals surface area (Å²) in [5.74, 6) is 1.31. The number of ether oxygens (including phenoxy) is 2. The van der Waals surface area contributed by atoms with E-state index in [4.69, 9.17) is 9.47 Å². The maximum atomic E-state index is 6.17. The summed E-state index contributed by atoms with van der Waals surface area (Å²) in [6, 6.07) is 0. The topological polar surface area (TPSA) is 18.5 Å². The van der Waals surface area contributed by atoms with Crippen LogP contribution in [0.25, 0.3) is 0 Å². The summed E-state index contributed by atoms with van der Waals surface area (Å²) in [6.07, 6.45) is 12.6. The van der Waals surface area contributed by atoms with E-state index in [-0.39, 0.29) is 12.4 Å². The molecule has 2 aliphatic rings. The highest BCUT2D eigenvalue weighted by molar-refractivity contribution is 5.23. The van der Waals surface area contributed by atoms with Crippen LogP contribution in [0.5, 0.6) is 0 Å². The molecule has 1 heterocycles. The van der Waals surface area contributed by atoms with Gasteiger partial charge < -0.3 is 9.47 Å². The molecule has 3 atom stereocenters. The number of rotatable bonds is 5. The van der Waals surface area contributed by atoms with Crippen LogP contribution in [0.1, 0.15) is 66.7 Å². The molecule has 0 bridgehead atoms. The van der Waals surface area contributed by atoms with Crippen molar-refractivity contribution < 1.29 is 9.47 Å². The molecule has 2 rings (SSSR count). The predicted molar refractivity (Wildman–Crippen MR) is 92.7 cm³/mol. The minimum atomic E-state index is 0.00265. The van der Waals surface area contributed by atoms with Crippen LogP contribution in [-0.2, 0) is 9.47 Å². The van der Waals surface area contributed by atoms with E-state index in [1.165, 1.54) is 19.3 Å². The van der Waals surface area contributed by atoms with Gasteiger partial charge in [0.2, 0.25) is 0 Å². The second-order valence-electron chi connectivity index (χ2n) is 8.42. The third-order valence-electron chi connectivity index (χ3n) is 4.65. The van der Waals surface area contributed by atoms with E-state index in [0.29, 0.717) is 17.3 Å². The molecule has 0 spiro atoms. The summed E-state index contributed by atoms with van der Waals surface area (Å²) in [5.41, 5.74) is 1.91. The largest absolute Gasteiger partial charge is 0.353 e. The van der Waals surface area contributed by atoms with E-state index in [9.17, 15) is 0 Å². The lowest BCUT2D eigenvalue weighted by molar-refractivity contribution is -0.178. The van der Waals surface area contributed by atoms with Crippen molar-refractivity contribution in [3.8, 4) is 0 Å². The highest BCUT2D eigenvalue weighted by Gasteiger charge is 2.28. The number of allylic oxidation sites excluding steroid dienone is 2. The Kier molecular flexibility index (Phi) is 6.28. The molecule has 1 aliphatic heterocycles. The standard InChI is InChI=1S/C20H34O2/c1-15(2)18(14-20(3,4)5)16-9-8-10-17(13-16)22-19-11-6-7-12-21-19/h8-10,15,17-19H,6-7,11-14H2,1-5H3. The second-order valence-corrected chi connectivity index (χ2v) is 8.42. The zero-order chi connectivity index (χ0) is 16.2. The highest BCUT2D eigenvalue weighted by atomic mass is 16.7. The van der Waals surface area contributed by atoms with Crippen LogP contribution in [0.4, 0.5) is 0 Å². The molecule has 0 aromatic heterocycles. The Labute approximate surface area is 137 Å². The lowest BCUT2D eigenvalue weighted by Gasteiger charge is -2.34. The summed E-state index contributed by atoms with van der Waals surface area (Å²) in [5, 5.41) is 0. The van der Waals surface area contributed by atoms with Gasteiger partial charge in [-0.3, -0.25) is 0 Å². The van der Waals surface area contributed by atoms with Crippen molar-refractivity contribution in [2.24, 2.45) is 17.3 Å². The van der Waals surface area contributed by atoms with Gasteiger partial charge in [0.05, 0.1) is 6.10 Å². The number of hydrogen-bond acceptors (Lipinski definition) is 2. The third kappa shape index (κ3) is 5.55. The van der Waals surface area contributed by atoms with Gasteiger partial charge in [0.25, 0.3) is 0 Å². The first kappa shape index (κ1) is 17.7. The van der Waals surface area contributed by atoms with Crippen LogP contribution in [0.15, 0.2) is 23.8 Å². The molecule has 0 amide bonds. The zero-order valence-corrected chi connectivity index (χ0v) is 15.1. The van der Waals surface area contributed by atoms with Crippen molar-refractivity contribution in [1.82, 2.24) is 0 Å². The average Bonchev–Trinajstić information content (AvgIpc) is 2.45. The molecule has 22 heavy (non-hydrogen) atoms. The Morgan fingerprint density at radius 2 is 2.05 bits per heavy atom. The Bertz CT molecular complexity index is 394. The fourth-order valence-corrected chi connectivity index (χ4v) is 3.51. The Balaban J connectivity index is 1.95.